The van der Waals surface area contributed by atoms with Gasteiger partial charge in [0.25, 0.3) is 0 Å². The number of nitrogen functional groups attached to an aromatic ring is 1. The van der Waals surface area contributed by atoms with Crippen LogP contribution in [0.3, 0.4) is 0 Å². The molecule has 66 valence electrons. The molecule has 1 aromatic rings. The summed E-state index contributed by atoms with van der Waals surface area (Å²) in [6.07, 6.45) is 1.67. The van der Waals surface area contributed by atoms with Crippen molar-refractivity contribution in [1.29, 1.82) is 0 Å². The molecule has 1 unspecified atom stereocenters. The number of anilines is 1. The van der Waals surface area contributed by atoms with Gasteiger partial charge in [0.1, 0.15) is 0 Å². The molecular formula is C8H10BrNOS. The summed E-state index contributed by atoms with van der Waals surface area (Å²) in [5.41, 5.74) is 7.32. The monoisotopic (exact) mass is 247 g/mol. The van der Waals surface area contributed by atoms with Crippen LogP contribution in [-0.4, -0.2) is 10.5 Å². The summed E-state index contributed by atoms with van der Waals surface area (Å²) < 4.78 is 11.9. The number of hydrogen-bond donors (Lipinski definition) is 1. The first-order valence-electron chi connectivity index (χ1n) is 3.43. The van der Waals surface area contributed by atoms with Crippen LogP contribution in [0, 0.1) is 0 Å². The van der Waals surface area contributed by atoms with Gasteiger partial charge >= 0.3 is 0 Å². The zero-order valence-corrected chi connectivity index (χ0v) is 9.11. The summed E-state index contributed by atoms with van der Waals surface area (Å²) in [5.74, 6) is 0.519. The SMILES string of the molecule is CS(=O)Cc1cc(Br)ccc1N. The summed E-state index contributed by atoms with van der Waals surface area (Å²) in [7, 11) is -0.836. The van der Waals surface area contributed by atoms with Gasteiger partial charge in [0.05, 0.1) is 5.75 Å². The van der Waals surface area contributed by atoms with Crippen molar-refractivity contribution in [2.24, 2.45) is 0 Å². The third-order valence-electron chi connectivity index (χ3n) is 1.46. The Morgan fingerprint density at radius 1 is 1.58 bits per heavy atom. The van der Waals surface area contributed by atoms with Crippen molar-refractivity contribution in [3.8, 4) is 0 Å². The van der Waals surface area contributed by atoms with Crippen LogP contribution in [0.15, 0.2) is 22.7 Å². The smallest absolute Gasteiger partial charge is 0.0503 e. The van der Waals surface area contributed by atoms with Gasteiger partial charge in [0.2, 0.25) is 0 Å². The number of rotatable bonds is 2. The molecule has 0 spiro atoms. The second-order valence-corrected chi connectivity index (χ2v) is 4.91. The lowest BCUT2D eigenvalue weighted by molar-refractivity contribution is 0.686. The molecule has 0 heterocycles. The van der Waals surface area contributed by atoms with Crippen molar-refractivity contribution in [3.63, 3.8) is 0 Å². The van der Waals surface area contributed by atoms with E-state index >= 15 is 0 Å². The van der Waals surface area contributed by atoms with E-state index in [0.717, 1.165) is 10.0 Å². The minimum absolute atomic E-state index is 0.519. The fourth-order valence-corrected chi connectivity index (χ4v) is 2.01. The molecule has 0 aromatic heterocycles. The second kappa shape index (κ2) is 4.05. The van der Waals surface area contributed by atoms with Crippen LogP contribution < -0.4 is 5.73 Å². The standard InChI is InChI=1S/C8H10BrNOS/c1-12(11)5-6-4-7(9)2-3-8(6)10/h2-4H,5,10H2,1H3. The van der Waals surface area contributed by atoms with E-state index in [9.17, 15) is 4.21 Å². The number of nitrogens with two attached hydrogens (primary N) is 1. The zero-order chi connectivity index (χ0) is 9.14. The molecule has 0 aliphatic heterocycles. The molecule has 1 aromatic carbocycles. The van der Waals surface area contributed by atoms with Crippen molar-refractivity contribution >= 4 is 32.4 Å². The first-order chi connectivity index (χ1) is 5.59. The molecule has 2 N–H and O–H groups in total. The van der Waals surface area contributed by atoms with Gasteiger partial charge in [0, 0.05) is 27.2 Å². The lowest BCUT2D eigenvalue weighted by Gasteiger charge is -2.03. The van der Waals surface area contributed by atoms with Gasteiger partial charge in [-0.15, -0.1) is 0 Å². The summed E-state index contributed by atoms with van der Waals surface area (Å²) in [5, 5.41) is 0. The highest BCUT2D eigenvalue weighted by molar-refractivity contribution is 9.10. The molecule has 0 fully saturated rings. The van der Waals surface area contributed by atoms with Crippen LogP contribution in [0.25, 0.3) is 0 Å². The van der Waals surface area contributed by atoms with Crippen LogP contribution in [0.1, 0.15) is 5.56 Å². The normalized spacial score (nSPS) is 12.8. The summed E-state index contributed by atoms with van der Waals surface area (Å²) in [4.78, 5) is 0. The predicted octanol–water partition coefficient (Wildman–Crippen LogP) is 1.91. The summed E-state index contributed by atoms with van der Waals surface area (Å²) in [6, 6.07) is 5.58. The van der Waals surface area contributed by atoms with E-state index < -0.39 is 10.8 Å². The second-order valence-electron chi connectivity index (χ2n) is 2.56. The Kier molecular flexibility index (Phi) is 3.29. The maximum absolute atomic E-state index is 10.9. The van der Waals surface area contributed by atoms with Gasteiger partial charge in [-0.2, -0.15) is 0 Å². The van der Waals surface area contributed by atoms with Crippen molar-refractivity contribution in [2.75, 3.05) is 12.0 Å². The molecule has 0 radical (unpaired) electrons. The van der Waals surface area contributed by atoms with Gasteiger partial charge in [-0.1, -0.05) is 15.9 Å². The van der Waals surface area contributed by atoms with E-state index in [0.29, 0.717) is 11.4 Å². The van der Waals surface area contributed by atoms with Crippen LogP contribution in [0.4, 0.5) is 5.69 Å². The molecule has 12 heavy (non-hydrogen) atoms. The molecular weight excluding hydrogens is 238 g/mol. The molecule has 2 nitrogen and oxygen atoms in total. The fourth-order valence-electron chi connectivity index (χ4n) is 0.918. The topological polar surface area (TPSA) is 43.1 Å². The van der Waals surface area contributed by atoms with Crippen molar-refractivity contribution in [3.05, 3.63) is 28.2 Å². The first kappa shape index (κ1) is 9.74. The van der Waals surface area contributed by atoms with Gasteiger partial charge in [-0.05, 0) is 23.8 Å². The number of halogens is 1. The maximum atomic E-state index is 10.9. The number of benzene rings is 1. The van der Waals surface area contributed by atoms with Crippen LogP contribution >= 0.6 is 15.9 Å². The Hall–Kier alpha value is -0.350. The van der Waals surface area contributed by atoms with E-state index in [-0.39, 0.29) is 0 Å². The lowest BCUT2D eigenvalue weighted by atomic mass is 10.2. The third-order valence-corrected chi connectivity index (χ3v) is 2.67. The Bertz CT molecular complexity index is 314. The quantitative estimate of drug-likeness (QED) is 0.812. The molecule has 0 bridgehead atoms. The summed E-state index contributed by atoms with van der Waals surface area (Å²) in [6.45, 7) is 0. The van der Waals surface area contributed by atoms with Gasteiger partial charge in [-0.3, -0.25) is 4.21 Å². The minimum atomic E-state index is -0.836. The molecule has 0 saturated carbocycles. The Labute approximate surface area is 82.7 Å². The lowest BCUT2D eigenvalue weighted by Crippen LogP contribution is -1.97. The Balaban J connectivity index is 2.97. The van der Waals surface area contributed by atoms with Crippen LogP contribution in [-0.2, 0) is 16.6 Å². The molecule has 4 heteroatoms. The summed E-state index contributed by atoms with van der Waals surface area (Å²) >= 11 is 3.33. The van der Waals surface area contributed by atoms with Crippen molar-refractivity contribution in [1.82, 2.24) is 0 Å². The maximum Gasteiger partial charge on any atom is 0.0503 e. The average molecular weight is 248 g/mol. The predicted molar refractivity (Wildman–Crippen MR) is 56.3 cm³/mol. The third kappa shape index (κ3) is 2.60. The van der Waals surface area contributed by atoms with Gasteiger partial charge in [-0.25, -0.2) is 0 Å². The molecule has 0 aliphatic rings. The molecule has 0 saturated heterocycles. The van der Waals surface area contributed by atoms with E-state index in [1.807, 2.05) is 18.2 Å². The molecule has 1 atom stereocenters. The molecule has 1 rings (SSSR count). The van der Waals surface area contributed by atoms with Crippen molar-refractivity contribution < 1.29 is 4.21 Å². The van der Waals surface area contributed by atoms with Crippen LogP contribution in [0.2, 0.25) is 0 Å². The Morgan fingerprint density at radius 3 is 2.83 bits per heavy atom. The average Bonchev–Trinajstić information content (AvgIpc) is 1.96. The Morgan fingerprint density at radius 2 is 2.25 bits per heavy atom. The van der Waals surface area contributed by atoms with E-state index in [1.54, 1.807) is 6.26 Å². The highest BCUT2D eigenvalue weighted by Crippen LogP contribution is 2.19. The van der Waals surface area contributed by atoms with E-state index in [4.69, 9.17) is 5.73 Å². The minimum Gasteiger partial charge on any atom is -0.398 e. The fraction of sp³-hybridized carbons (Fsp3) is 0.250. The van der Waals surface area contributed by atoms with Gasteiger partial charge < -0.3 is 5.73 Å². The molecule has 0 aliphatic carbocycles. The van der Waals surface area contributed by atoms with Crippen LogP contribution in [0.5, 0.6) is 0 Å². The highest BCUT2D eigenvalue weighted by Gasteiger charge is 2.01. The number of hydrogen-bond acceptors (Lipinski definition) is 2. The zero-order valence-electron chi connectivity index (χ0n) is 6.71. The first-order valence-corrected chi connectivity index (χ1v) is 5.95. The highest BCUT2D eigenvalue weighted by atomic mass is 79.9. The van der Waals surface area contributed by atoms with Crippen molar-refractivity contribution in [2.45, 2.75) is 5.75 Å². The van der Waals surface area contributed by atoms with E-state index in [2.05, 4.69) is 15.9 Å². The van der Waals surface area contributed by atoms with E-state index in [1.165, 1.54) is 0 Å². The van der Waals surface area contributed by atoms with Gasteiger partial charge in [0.15, 0.2) is 0 Å². The molecule has 0 amide bonds. The largest absolute Gasteiger partial charge is 0.398 e.